The third kappa shape index (κ3) is 5.03. The van der Waals surface area contributed by atoms with Crippen LogP contribution in [0.25, 0.3) is 12.2 Å². The van der Waals surface area contributed by atoms with Crippen molar-refractivity contribution in [2.45, 2.75) is 0 Å². The summed E-state index contributed by atoms with van der Waals surface area (Å²) in [5, 5.41) is 0. The Labute approximate surface area is 188 Å². The van der Waals surface area contributed by atoms with Gasteiger partial charge in [-0.3, -0.25) is 4.79 Å². The summed E-state index contributed by atoms with van der Waals surface area (Å²) in [4.78, 5) is 13.6. The molecule has 0 aliphatic carbocycles. The van der Waals surface area contributed by atoms with Gasteiger partial charge in [0.15, 0.2) is 5.78 Å². The summed E-state index contributed by atoms with van der Waals surface area (Å²) >= 11 is 0. The average molecular weight is 434 g/mol. The van der Waals surface area contributed by atoms with Gasteiger partial charge in [0.25, 0.3) is 0 Å². The molecule has 0 aliphatic heterocycles. The molecule has 0 aromatic heterocycles. The van der Waals surface area contributed by atoms with E-state index < -0.39 is 0 Å². The normalized spacial score (nSPS) is 10.7. The number of hydrogen-bond acceptors (Lipinski definition) is 6. The second-order valence-corrected chi connectivity index (χ2v) is 6.83. The van der Waals surface area contributed by atoms with E-state index in [2.05, 4.69) is 0 Å². The molecule has 0 aliphatic rings. The third-order valence-corrected chi connectivity index (χ3v) is 4.97. The van der Waals surface area contributed by atoms with Crippen molar-refractivity contribution in [2.24, 2.45) is 0 Å². The fourth-order valence-electron chi connectivity index (χ4n) is 3.25. The second-order valence-electron chi connectivity index (χ2n) is 6.83. The first-order valence-electron chi connectivity index (χ1n) is 9.88. The number of ether oxygens (including phenoxy) is 5. The van der Waals surface area contributed by atoms with Gasteiger partial charge < -0.3 is 23.7 Å². The molecule has 0 bridgehead atoms. The van der Waals surface area contributed by atoms with Crippen molar-refractivity contribution in [1.82, 2.24) is 0 Å². The van der Waals surface area contributed by atoms with Gasteiger partial charge in [0.1, 0.15) is 28.7 Å². The topological polar surface area (TPSA) is 63.2 Å². The molecule has 0 unspecified atom stereocenters. The highest BCUT2D eigenvalue weighted by Gasteiger charge is 2.21. The lowest BCUT2D eigenvalue weighted by molar-refractivity contribution is 0.103. The molecular weight excluding hydrogens is 408 g/mol. The number of carbonyl (C=O) groups excluding carboxylic acids is 1. The Bertz CT molecular complexity index is 1090. The molecule has 3 aromatic rings. The fourth-order valence-corrected chi connectivity index (χ4v) is 3.25. The van der Waals surface area contributed by atoms with Crippen LogP contribution < -0.4 is 23.7 Å². The predicted molar refractivity (Wildman–Crippen MR) is 124 cm³/mol. The largest absolute Gasteiger partial charge is 0.497 e. The summed E-state index contributed by atoms with van der Waals surface area (Å²) in [6.45, 7) is 0. The molecule has 3 aromatic carbocycles. The van der Waals surface area contributed by atoms with E-state index in [1.165, 1.54) is 7.11 Å². The zero-order valence-corrected chi connectivity index (χ0v) is 18.8. The smallest absolute Gasteiger partial charge is 0.197 e. The van der Waals surface area contributed by atoms with Crippen LogP contribution in [0.1, 0.15) is 27.0 Å². The van der Waals surface area contributed by atoms with Crippen LogP contribution in [0.3, 0.4) is 0 Å². The number of methoxy groups -OCH3 is 5. The minimum atomic E-state index is -0.226. The first-order valence-corrected chi connectivity index (χ1v) is 9.88. The van der Waals surface area contributed by atoms with Crippen molar-refractivity contribution in [3.8, 4) is 28.7 Å². The number of benzene rings is 3. The molecule has 32 heavy (non-hydrogen) atoms. The summed E-state index contributed by atoms with van der Waals surface area (Å²) in [5.74, 6) is 2.58. The maximum absolute atomic E-state index is 13.6. The van der Waals surface area contributed by atoms with E-state index in [0.717, 1.165) is 11.3 Å². The van der Waals surface area contributed by atoms with Crippen LogP contribution in [-0.2, 0) is 0 Å². The Hall–Kier alpha value is -3.93. The van der Waals surface area contributed by atoms with Gasteiger partial charge in [-0.25, -0.2) is 0 Å². The minimum Gasteiger partial charge on any atom is -0.497 e. The van der Waals surface area contributed by atoms with Crippen LogP contribution in [0, 0.1) is 0 Å². The Balaban J connectivity index is 2.11. The molecule has 0 fully saturated rings. The number of ketones is 1. The zero-order chi connectivity index (χ0) is 23.1. The molecule has 6 heteroatoms. The molecule has 3 rings (SSSR count). The summed E-state index contributed by atoms with van der Waals surface area (Å²) in [7, 11) is 7.80. The van der Waals surface area contributed by atoms with Gasteiger partial charge >= 0.3 is 0 Å². The SMILES string of the molecule is COc1ccc(/C=C\c2cc(OC)cc(OC)c2C(=O)c2cc(OC)cc(OC)c2)cc1. The molecule has 0 spiro atoms. The molecule has 0 saturated heterocycles. The first-order chi connectivity index (χ1) is 15.5. The van der Waals surface area contributed by atoms with Crippen molar-refractivity contribution in [3.63, 3.8) is 0 Å². The number of carbonyl (C=O) groups is 1. The number of hydrogen-bond donors (Lipinski definition) is 0. The van der Waals surface area contributed by atoms with Crippen molar-refractivity contribution in [2.75, 3.05) is 35.5 Å². The molecule has 0 atom stereocenters. The van der Waals surface area contributed by atoms with Gasteiger partial charge in [-0.05, 0) is 41.5 Å². The molecule has 0 N–H and O–H groups in total. The lowest BCUT2D eigenvalue weighted by atomic mass is 9.95. The van der Waals surface area contributed by atoms with E-state index in [4.69, 9.17) is 23.7 Å². The van der Waals surface area contributed by atoms with Gasteiger partial charge in [-0.2, -0.15) is 0 Å². The van der Waals surface area contributed by atoms with Crippen LogP contribution in [0.2, 0.25) is 0 Å². The van der Waals surface area contributed by atoms with Crippen molar-refractivity contribution >= 4 is 17.9 Å². The van der Waals surface area contributed by atoms with E-state index >= 15 is 0 Å². The Kier molecular flexibility index (Phi) is 7.39. The van der Waals surface area contributed by atoms with Crippen molar-refractivity contribution in [3.05, 3.63) is 76.9 Å². The maximum atomic E-state index is 13.6. The van der Waals surface area contributed by atoms with Crippen LogP contribution in [0.15, 0.2) is 54.6 Å². The lowest BCUT2D eigenvalue weighted by Gasteiger charge is -2.14. The van der Waals surface area contributed by atoms with Gasteiger partial charge in [-0.1, -0.05) is 24.3 Å². The Morgan fingerprint density at radius 3 is 1.72 bits per heavy atom. The zero-order valence-electron chi connectivity index (χ0n) is 18.8. The van der Waals surface area contributed by atoms with Gasteiger partial charge in [0.2, 0.25) is 0 Å². The minimum absolute atomic E-state index is 0.226. The summed E-state index contributed by atoms with van der Waals surface area (Å²) in [5.41, 5.74) is 2.44. The highest BCUT2D eigenvalue weighted by molar-refractivity contribution is 6.13. The maximum Gasteiger partial charge on any atom is 0.197 e. The molecule has 0 saturated carbocycles. The van der Waals surface area contributed by atoms with Crippen molar-refractivity contribution < 1.29 is 28.5 Å². The third-order valence-electron chi connectivity index (χ3n) is 4.97. The van der Waals surface area contributed by atoms with E-state index in [9.17, 15) is 4.79 Å². The average Bonchev–Trinajstić information content (AvgIpc) is 2.86. The standard InChI is InChI=1S/C26H26O6/c1-28-20-10-7-17(8-11-20)6-9-18-12-23(31-4)16-24(32-5)25(18)26(27)19-13-21(29-2)15-22(14-19)30-3/h6-16H,1-5H3/b9-6-. The van der Waals surface area contributed by atoms with E-state index in [-0.39, 0.29) is 5.78 Å². The van der Waals surface area contributed by atoms with Gasteiger partial charge in [0.05, 0.1) is 41.1 Å². The molecule has 0 amide bonds. The van der Waals surface area contributed by atoms with E-state index in [0.29, 0.717) is 39.7 Å². The molecule has 0 radical (unpaired) electrons. The van der Waals surface area contributed by atoms with Gasteiger partial charge in [-0.15, -0.1) is 0 Å². The summed E-state index contributed by atoms with van der Waals surface area (Å²) < 4.78 is 26.8. The van der Waals surface area contributed by atoms with Crippen LogP contribution in [-0.4, -0.2) is 41.3 Å². The summed E-state index contributed by atoms with van der Waals surface area (Å²) in [6, 6.07) is 16.2. The van der Waals surface area contributed by atoms with Gasteiger partial charge in [0, 0.05) is 17.7 Å². The molecule has 166 valence electrons. The predicted octanol–water partition coefficient (Wildman–Crippen LogP) is 5.13. The lowest BCUT2D eigenvalue weighted by Crippen LogP contribution is -2.08. The van der Waals surface area contributed by atoms with Crippen molar-refractivity contribution in [1.29, 1.82) is 0 Å². The quantitative estimate of drug-likeness (QED) is 0.344. The first kappa shape index (κ1) is 22.7. The highest BCUT2D eigenvalue weighted by atomic mass is 16.5. The fraction of sp³-hybridized carbons (Fsp3) is 0.192. The van der Waals surface area contributed by atoms with Crippen LogP contribution >= 0.6 is 0 Å². The number of rotatable bonds is 9. The Morgan fingerprint density at radius 1 is 0.625 bits per heavy atom. The molecule has 6 nitrogen and oxygen atoms in total. The highest BCUT2D eigenvalue weighted by Crippen LogP contribution is 2.34. The van der Waals surface area contributed by atoms with Crippen LogP contribution in [0.4, 0.5) is 0 Å². The monoisotopic (exact) mass is 434 g/mol. The Morgan fingerprint density at radius 2 is 1.19 bits per heavy atom. The van der Waals surface area contributed by atoms with Crippen LogP contribution in [0.5, 0.6) is 28.7 Å². The second kappa shape index (κ2) is 10.4. The van der Waals surface area contributed by atoms with E-state index in [1.54, 1.807) is 58.8 Å². The molecule has 0 heterocycles. The summed E-state index contributed by atoms with van der Waals surface area (Å²) in [6.07, 6.45) is 3.77. The van der Waals surface area contributed by atoms with E-state index in [1.807, 2.05) is 36.4 Å². The molecular formula is C26H26O6.